The van der Waals surface area contributed by atoms with E-state index in [1.807, 2.05) is 19.1 Å². The lowest BCUT2D eigenvalue weighted by Gasteiger charge is -2.24. The van der Waals surface area contributed by atoms with E-state index in [2.05, 4.69) is 26.2 Å². The predicted molar refractivity (Wildman–Crippen MR) is 113 cm³/mol. The van der Waals surface area contributed by atoms with E-state index in [-0.39, 0.29) is 11.9 Å². The number of carbonyl (C=O) groups excluding carboxylic acids is 2. The Hall–Kier alpha value is -3.46. The van der Waals surface area contributed by atoms with Crippen LogP contribution in [0.3, 0.4) is 0 Å². The van der Waals surface area contributed by atoms with Gasteiger partial charge in [-0.05, 0) is 66.1 Å². The first kappa shape index (κ1) is 19.8. The summed E-state index contributed by atoms with van der Waals surface area (Å²) in [6.45, 7) is 2.41. The van der Waals surface area contributed by atoms with Gasteiger partial charge in [0.05, 0.1) is 16.4 Å². The zero-order valence-corrected chi connectivity index (χ0v) is 17.0. The van der Waals surface area contributed by atoms with Crippen molar-refractivity contribution in [1.29, 1.82) is 0 Å². The van der Waals surface area contributed by atoms with Crippen molar-refractivity contribution in [2.75, 3.05) is 17.2 Å². The minimum absolute atomic E-state index is 0.226. The van der Waals surface area contributed by atoms with Crippen molar-refractivity contribution in [3.63, 3.8) is 0 Å². The molecule has 9 nitrogen and oxygen atoms in total. The molecular formula is C20H20ClN7O2. The summed E-state index contributed by atoms with van der Waals surface area (Å²) < 4.78 is 1.55. The Bertz CT molecular complexity index is 1070. The molecule has 3 aromatic rings. The third-order valence-corrected chi connectivity index (χ3v) is 5.32. The molecule has 0 aliphatic carbocycles. The van der Waals surface area contributed by atoms with Gasteiger partial charge in [-0.1, -0.05) is 23.7 Å². The Kier molecular flexibility index (Phi) is 5.62. The van der Waals surface area contributed by atoms with E-state index < -0.39 is 6.04 Å². The molecule has 0 spiro atoms. The minimum atomic E-state index is -0.549. The van der Waals surface area contributed by atoms with Gasteiger partial charge >= 0.3 is 6.03 Å². The lowest BCUT2D eigenvalue weighted by Crippen LogP contribution is -2.45. The van der Waals surface area contributed by atoms with Crippen LogP contribution in [0, 0.1) is 6.92 Å². The topological polar surface area (TPSA) is 105 Å². The van der Waals surface area contributed by atoms with Crippen molar-refractivity contribution in [2.24, 2.45) is 0 Å². The van der Waals surface area contributed by atoms with E-state index in [0.717, 1.165) is 17.7 Å². The minimum Gasteiger partial charge on any atom is -0.324 e. The van der Waals surface area contributed by atoms with Crippen molar-refractivity contribution in [3.05, 3.63) is 59.4 Å². The summed E-state index contributed by atoms with van der Waals surface area (Å²) in [6, 6.07) is 11.6. The number of nitrogens with one attached hydrogen (secondary N) is 2. The summed E-state index contributed by atoms with van der Waals surface area (Å²) in [5.41, 5.74) is 2.89. The number of amides is 3. The number of aryl methyl sites for hydroxylation is 1. The maximum Gasteiger partial charge on any atom is 0.322 e. The highest BCUT2D eigenvalue weighted by molar-refractivity contribution is 6.33. The van der Waals surface area contributed by atoms with Crippen molar-refractivity contribution in [3.8, 4) is 5.69 Å². The summed E-state index contributed by atoms with van der Waals surface area (Å²) >= 11 is 6.12. The number of hydrogen-bond donors (Lipinski definition) is 2. The second-order valence-corrected chi connectivity index (χ2v) is 7.41. The number of urea groups is 1. The summed E-state index contributed by atoms with van der Waals surface area (Å²) in [7, 11) is 0. The van der Waals surface area contributed by atoms with Gasteiger partial charge in [-0.3, -0.25) is 4.79 Å². The van der Waals surface area contributed by atoms with Crippen LogP contribution >= 0.6 is 11.6 Å². The molecule has 154 valence electrons. The number of benzene rings is 2. The number of halogens is 1. The molecule has 10 heteroatoms. The van der Waals surface area contributed by atoms with Crippen LogP contribution in [0.4, 0.5) is 16.2 Å². The highest BCUT2D eigenvalue weighted by atomic mass is 35.5. The molecule has 1 unspecified atom stereocenters. The predicted octanol–water partition coefficient (Wildman–Crippen LogP) is 3.26. The third kappa shape index (κ3) is 4.11. The van der Waals surface area contributed by atoms with Crippen LogP contribution in [0.25, 0.3) is 5.69 Å². The van der Waals surface area contributed by atoms with Crippen LogP contribution in [0.15, 0.2) is 48.8 Å². The normalized spacial score (nSPS) is 15.8. The van der Waals surface area contributed by atoms with Crippen molar-refractivity contribution in [2.45, 2.75) is 25.8 Å². The Labute approximate surface area is 178 Å². The molecule has 2 N–H and O–H groups in total. The largest absolute Gasteiger partial charge is 0.324 e. The maximum atomic E-state index is 12.9. The number of hydrogen-bond acceptors (Lipinski definition) is 5. The second-order valence-electron chi connectivity index (χ2n) is 7.01. The Balaban J connectivity index is 1.44. The van der Waals surface area contributed by atoms with Crippen molar-refractivity contribution >= 4 is 34.9 Å². The van der Waals surface area contributed by atoms with Gasteiger partial charge in [0.25, 0.3) is 0 Å². The van der Waals surface area contributed by atoms with Crippen molar-refractivity contribution < 1.29 is 9.59 Å². The fraction of sp³-hybridized carbons (Fsp3) is 0.250. The van der Waals surface area contributed by atoms with Gasteiger partial charge in [0.15, 0.2) is 0 Å². The zero-order valence-electron chi connectivity index (χ0n) is 16.2. The van der Waals surface area contributed by atoms with Gasteiger partial charge < -0.3 is 15.5 Å². The van der Waals surface area contributed by atoms with Crippen LogP contribution in [0.1, 0.15) is 18.4 Å². The number of rotatable bonds is 4. The summed E-state index contributed by atoms with van der Waals surface area (Å²) in [4.78, 5) is 27.1. The van der Waals surface area contributed by atoms with E-state index in [1.165, 1.54) is 6.33 Å². The van der Waals surface area contributed by atoms with Crippen LogP contribution < -0.4 is 10.6 Å². The highest BCUT2D eigenvalue weighted by Gasteiger charge is 2.34. The van der Waals surface area contributed by atoms with Gasteiger partial charge in [-0.2, -0.15) is 0 Å². The molecule has 3 amide bonds. The molecule has 30 heavy (non-hydrogen) atoms. The molecule has 2 heterocycles. The molecular weight excluding hydrogens is 406 g/mol. The SMILES string of the molecule is Cc1cc(NC(=O)C2CCCN2C(=O)Nc2ccccc2Cl)ccc1-n1cnnn1. The molecule has 1 aliphatic heterocycles. The zero-order chi connectivity index (χ0) is 21.1. The standard InChI is InChI=1S/C20H20ClN7O2/c1-13-11-14(8-9-17(13)28-12-22-25-26-28)23-19(29)18-7-4-10-27(18)20(30)24-16-6-3-2-5-15(16)21/h2-3,5-6,8-9,11-12,18H,4,7,10H2,1H3,(H,23,29)(H,24,30). The molecule has 4 rings (SSSR count). The van der Waals surface area contributed by atoms with E-state index in [9.17, 15) is 9.59 Å². The number of nitrogens with zero attached hydrogens (tertiary/aromatic N) is 5. The first-order valence-corrected chi connectivity index (χ1v) is 9.88. The molecule has 1 saturated heterocycles. The molecule has 0 saturated carbocycles. The van der Waals surface area contributed by atoms with Gasteiger partial charge in [-0.25, -0.2) is 9.48 Å². The van der Waals surface area contributed by atoms with Crippen LogP contribution in [-0.2, 0) is 4.79 Å². The number of tetrazole rings is 1. The first-order valence-electron chi connectivity index (χ1n) is 9.50. The number of anilines is 2. The molecule has 1 atom stereocenters. The summed E-state index contributed by atoms with van der Waals surface area (Å²) in [5.74, 6) is -0.226. The quantitative estimate of drug-likeness (QED) is 0.667. The van der Waals surface area contributed by atoms with E-state index in [1.54, 1.807) is 39.9 Å². The molecule has 1 fully saturated rings. The number of likely N-dealkylation sites (tertiary alicyclic amines) is 1. The molecule has 0 radical (unpaired) electrons. The lowest BCUT2D eigenvalue weighted by molar-refractivity contribution is -0.119. The van der Waals surface area contributed by atoms with E-state index in [4.69, 9.17) is 11.6 Å². The fourth-order valence-electron chi connectivity index (χ4n) is 3.52. The van der Waals surface area contributed by atoms with E-state index in [0.29, 0.717) is 29.4 Å². The number of para-hydroxylation sites is 1. The number of carbonyl (C=O) groups is 2. The van der Waals surface area contributed by atoms with Gasteiger partial charge in [0, 0.05) is 12.2 Å². The first-order chi connectivity index (χ1) is 14.5. The Morgan fingerprint density at radius 3 is 2.73 bits per heavy atom. The molecule has 2 aromatic carbocycles. The summed E-state index contributed by atoms with van der Waals surface area (Å²) in [5, 5.41) is 17.3. The maximum absolute atomic E-state index is 12.9. The molecule has 1 aliphatic rings. The Morgan fingerprint density at radius 2 is 2.00 bits per heavy atom. The average Bonchev–Trinajstić information content (AvgIpc) is 3.42. The summed E-state index contributed by atoms with van der Waals surface area (Å²) in [6.07, 6.45) is 2.86. The highest BCUT2D eigenvalue weighted by Crippen LogP contribution is 2.25. The molecule has 1 aromatic heterocycles. The number of aromatic nitrogens is 4. The van der Waals surface area contributed by atoms with Crippen LogP contribution in [-0.4, -0.2) is 49.6 Å². The van der Waals surface area contributed by atoms with Gasteiger partial charge in [-0.15, -0.1) is 5.10 Å². The lowest BCUT2D eigenvalue weighted by atomic mass is 10.1. The average molecular weight is 426 g/mol. The van der Waals surface area contributed by atoms with Crippen LogP contribution in [0.2, 0.25) is 5.02 Å². The Morgan fingerprint density at radius 1 is 1.17 bits per heavy atom. The third-order valence-electron chi connectivity index (χ3n) is 4.99. The monoisotopic (exact) mass is 425 g/mol. The fourth-order valence-corrected chi connectivity index (χ4v) is 3.70. The van der Waals surface area contributed by atoms with Gasteiger partial charge in [0.1, 0.15) is 12.4 Å². The second kappa shape index (κ2) is 8.50. The van der Waals surface area contributed by atoms with Crippen molar-refractivity contribution in [1.82, 2.24) is 25.1 Å². The smallest absolute Gasteiger partial charge is 0.322 e. The van der Waals surface area contributed by atoms with E-state index >= 15 is 0 Å². The van der Waals surface area contributed by atoms with Gasteiger partial charge in [0.2, 0.25) is 5.91 Å². The van der Waals surface area contributed by atoms with Crippen LogP contribution in [0.5, 0.6) is 0 Å². The molecule has 0 bridgehead atoms.